The predicted octanol–water partition coefficient (Wildman–Crippen LogP) is 3.82. The van der Waals surface area contributed by atoms with Crippen molar-refractivity contribution >= 4 is 0 Å². The van der Waals surface area contributed by atoms with Crippen molar-refractivity contribution in [2.24, 2.45) is 0 Å². The molecule has 0 aromatic heterocycles. The van der Waals surface area contributed by atoms with E-state index in [1.807, 2.05) is 13.8 Å². The SMILES string of the molecule is C=CC.C=CC.CCCCOC. The summed E-state index contributed by atoms with van der Waals surface area (Å²) >= 11 is 0. The topological polar surface area (TPSA) is 9.23 Å². The molecule has 0 saturated carbocycles. The van der Waals surface area contributed by atoms with Crippen molar-refractivity contribution in [2.75, 3.05) is 13.7 Å². The average Bonchev–Trinajstić information content (AvgIpc) is 2.04. The Morgan fingerprint density at radius 2 is 1.50 bits per heavy atom. The Balaban J connectivity index is -0.000000115. The lowest BCUT2D eigenvalue weighted by atomic mass is 10.4. The molecule has 0 spiro atoms. The number of hydrogen-bond acceptors (Lipinski definition) is 1. The number of hydrogen-bond donors (Lipinski definition) is 0. The molecule has 0 fully saturated rings. The number of ether oxygens (including phenoxy) is 1. The smallest absolute Gasteiger partial charge is 0.0462 e. The Bertz CT molecular complexity index is 57.4. The zero-order chi connectivity index (χ0) is 10.2. The Morgan fingerprint density at radius 3 is 1.58 bits per heavy atom. The summed E-state index contributed by atoms with van der Waals surface area (Å²) in [5, 5.41) is 0. The molecular weight excluding hydrogens is 148 g/mol. The molecule has 0 unspecified atom stereocenters. The first-order valence-corrected chi connectivity index (χ1v) is 4.38. The number of rotatable bonds is 3. The molecule has 0 atom stereocenters. The van der Waals surface area contributed by atoms with Gasteiger partial charge in [0.25, 0.3) is 0 Å². The molecule has 0 aliphatic carbocycles. The molecule has 0 bridgehead atoms. The summed E-state index contributed by atoms with van der Waals surface area (Å²) in [5.74, 6) is 0. The summed E-state index contributed by atoms with van der Waals surface area (Å²) in [6.45, 7) is 13.6. The van der Waals surface area contributed by atoms with Gasteiger partial charge in [0.1, 0.15) is 0 Å². The van der Waals surface area contributed by atoms with Crippen molar-refractivity contribution in [1.29, 1.82) is 0 Å². The Labute approximate surface area is 78.1 Å². The van der Waals surface area contributed by atoms with Gasteiger partial charge in [-0.1, -0.05) is 25.5 Å². The Morgan fingerprint density at radius 1 is 1.17 bits per heavy atom. The van der Waals surface area contributed by atoms with Crippen molar-refractivity contribution in [2.45, 2.75) is 33.6 Å². The molecule has 1 heteroatoms. The highest BCUT2D eigenvalue weighted by atomic mass is 16.5. The fourth-order valence-electron chi connectivity index (χ4n) is 0.289. The Kier molecular flexibility index (Phi) is 45.9. The van der Waals surface area contributed by atoms with Crippen LogP contribution in [0.2, 0.25) is 0 Å². The second-order valence-corrected chi connectivity index (χ2v) is 2.16. The van der Waals surface area contributed by atoms with Gasteiger partial charge >= 0.3 is 0 Å². The van der Waals surface area contributed by atoms with E-state index in [0.717, 1.165) is 6.61 Å². The van der Waals surface area contributed by atoms with Crippen LogP contribution in [0.25, 0.3) is 0 Å². The third-order valence-corrected chi connectivity index (χ3v) is 0.702. The van der Waals surface area contributed by atoms with Gasteiger partial charge in [0.2, 0.25) is 0 Å². The highest BCUT2D eigenvalue weighted by Gasteiger charge is 1.74. The van der Waals surface area contributed by atoms with Crippen molar-refractivity contribution in [1.82, 2.24) is 0 Å². The summed E-state index contributed by atoms with van der Waals surface area (Å²) in [6, 6.07) is 0. The minimum Gasteiger partial charge on any atom is -0.385 e. The second-order valence-electron chi connectivity index (χ2n) is 2.16. The fourth-order valence-corrected chi connectivity index (χ4v) is 0.289. The highest BCUT2D eigenvalue weighted by molar-refractivity contribution is 4.51. The van der Waals surface area contributed by atoms with Crippen LogP contribution in [0.5, 0.6) is 0 Å². The lowest BCUT2D eigenvalue weighted by Gasteiger charge is -1.89. The summed E-state index contributed by atoms with van der Waals surface area (Å²) in [7, 11) is 1.73. The van der Waals surface area contributed by atoms with Crippen LogP contribution in [0, 0.1) is 0 Å². The van der Waals surface area contributed by atoms with Crippen molar-refractivity contribution in [3.63, 3.8) is 0 Å². The van der Waals surface area contributed by atoms with Gasteiger partial charge < -0.3 is 4.74 Å². The summed E-state index contributed by atoms with van der Waals surface area (Å²) in [6.07, 6.45) is 5.92. The van der Waals surface area contributed by atoms with E-state index in [2.05, 4.69) is 20.1 Å². The predicted molar refractivity (Wildman–Crippen MR) is 58.5 cm³/mol. The molecule has 1 nitrogen and oxygen atoms in total. The van der Waals surface area contributed by atoms with Crippen molar-refractivity contribution < 1.29 is 4.74 Å². The van der Waals surface area contributed by atoms with Crippen LogP contribution in [0.15, 0.2) is 25.3 Å². The van der Waals surface area contributed by atoms with Crippen LogP contribution in [0.4, 0.5) is 0 Å². The van der Waals surface area contributed by atoms with Crippen molar-refractivity contribution in [3.05, 3.63) is 25.3 Å². The molecule has 74 valence electrons. The number of allylic oxidation sites excluding steroid dienone is 2. The maximum absolute atomic E-state index is 4.78. The van der Waals surface area contributed by atoms with E-state index in [1.54, 1.807) is 19.3 Å². The highest BCUT2D eigenvalue weighted by Crippen LogP contribution is 1.83. The van der Waals surface area contributed by atoms with Crippen LogP contribution in [-0.4, -0.2) is 13.7 Å². The fraction of sp³-hybridized carbons (Fsp3) is 0.636. The third-order valence-electron chi connectivity index (χ3n) is 0.702. The molecule has 0 aromatic rings. The molecular formula is C11H24O. The maximum atomic E-state index is 4.78. The van der Waals surface area contributed by atoms with E-state index in [9.17, 15) is 0 Å². The van der Waals surface area contributed by atoms with Gasteiger partial charge in [-0.25, -0.2) is 0 Å². The summed E-state index contributed by atoms with van der Waals surface area (Å²) in [4.78, 5) is 0. The molecule has 0 heterocycles. The van der Waals surface area contributed by atoms with Gasteiger partial charge in [-0.3, -0.25) is 0 Å². The quantitative estimate of drug-likeness (QED) is 0.464. The first-order chi connectivity index (χ1) is 5.74. The molecule has 0 aliphatic heterocycles. The van der Waals surface area contributed by atoms with E-state index >= 15 is 0 Å². The van der Waals surface area contributed by atoms with Gasteiger partial charge in [-0.15, -0.1) is 13.2 Å². The van der Waals surface area contributed by atoms with Crippen LogP contribution in [-0.2, 0) is 4.74 Å². The van der Waals surface area contributed by atoms with E-state index in [1.165, 1.54) is 12.8 Å². The molecule has 0 aromatic carbocycles. The minimum absolute atomic E-state index is 0.913. The molecule has 0 radical (unpaired) electrons. The molecule has 0 aliphatic rings. The Hall–Kier alpha value is -0.560. The molecule has 0 N–H and O–H groups in total. The molecule has 0 rings (SSSR count). The standard InChI is InChI=1S/C5H12O.2C3H6/c1-3-4-5-6-2;2*1-3-2/h3-5H2,1-2H3;2*3H,1H2,2H3. The zero-order valence-electron chi connectivity index (χ0n) is 9.10. The van der Waals surface area contributed by atoms with Gasteiger partial charge in [0, 0.05) is 13.7 Å². The molecule has 0 saturated heterocycles. The average molecular weight is 172 g/mol. The van der Waals surface area contributed by atoms with E-state index in [0.29, 0.717) is 0 Å². The third kappa shape index (κ3) is 113. The lowest BCUT2D eigenvalue weighted by molar-refractivity contribution is 0.194. The van der Waals surface area contributed by atoms with Crippen LogP contribution in [0.3, 0.4) is 0 Å². The van der Waals surface area contributed by atoms with Gasteiger partial charge in [-0.05, 0) is 20.3 Å². The normalized spacial score (nSPS) is 6.67. The van der Waals surface area contributed by atoms with Gasteiger partial charge in [0.15, 0.2) is 0 Å². The van der Waals surface area contributed by atoms with E-state index in [4.69, 9.17) is 4.74 Å². The monoisotopic (exact) mass is 172 g/mol. The van der Waals surface area contributed by atoms with E-state index in [-0.39, 0.29) is 0 Å². The molecule has 0 amide bonds. The first kappa shape index (κ1) is 17.5. The minimum atomic E-state index is 0.913. The van der Waals surface area contributed by atoms with Gasteiger partial charge in [0.05, 0.1) is 0 Å². The van der Waals surface area contributed by atoms with Crippen LogP contribution >= 0.6 is 0 Å². The van der Waals surface area contributed by atoms with E-state index < -0.39 is 0 Å². The van der Waals surface area contributed by atoms with Crippen molar-refractivity contribution in [3.8, 4) is 0 Å². The number of unbranched alkanes of at least 4 members (excludes halogenated alkanes) is 1. The van der Waals surface area contributed by atoms with Crippen LogP contribution < -0.4 is 0 Å². The molecule has 12 heavy (non-hydrogen) atoms. The number of methoxy groups -OCH3 is 1. The first-order valence-electron chi connectivity index (χ1n) is 4.38. The van der Waals surface area contributed by atoms with Gasteiger partial charge in [-0.2, -0.15) is 0 Å². The second kappa shape index (κ2) is 31.4. The van der Waals surface area contributed by atoms with Crippen LogP contribution in [0.1, 0.15) is 33.6 Å². The lowest BCUT2D eigenvalue weighted by Crippen LogP contribution is -1.84. The summed E-state index contributed by atoms with van der Waals surface area (Å²) in [5.41, 5.74) is 0. The summed E-state index contributed by atoms with van der Waals surface area (Å²) < 4.78 is 4.78. The zero-order valence-corrected chi connectivity index (χ0v) is 9.10. The largest absolute Gasteiger partial charge is 0.385 e. The maximum Gasteiger partial charge on any atom is 0.0462 e.